The second-order valence-electron chi connectivity index (χ2n) is 23.7. The minimum atomic E-state index is 0.488. The van der Waals surface area contributed by atoms with Crippen LogP contribution in [0.15, 0.2) is 194 Å². The summed E-state index contributed by atoms with van der Waals surface area (Å²) in [6.07, 6.45) is 0. The fraction of sp³-hybridized carbons (Fsp3) is 0.103. The van der Waals surface area contributed by atoms with Gasteiger partial charge in [-0.2, -0.15) is 0 Å². The highest BCUT2D eigenvalue weighted by Crippen LogP contribution is 2.46. The standard InChI is InChI=1S/C78H56N18/c1-42-80-43(2)85-74(84-42)54-26-32-68-61(38-54)62-39-55(75-86-44(3)81-45(4)87-75)27-33-69(62)95(68)66-31-25-53(78-93-72(50-18-12-10-13-19-50)92-73(94-78)51-20-14-11-15-21-51)37-59(66)52-24-30-67(60(36-52)58-22-16-17-23-65(58)79-9)96-70-34-28-56(76-88-46(5)82-47(6)89-76)40-63(70)64-41-57(29-35-71(64)96)77-90-48(7)83-49(8)91-77/h10-41H,1-8H3. The van der Waals surface area contributed by atoms with Gasteiger partial charge in [0.05, 0.1) is 40.0 Å². The van der Waals surface area contributed by atoms with E-state index in [1.165, 1.54) is 0 Å². The van der Waals surface area contributed by atoms with Gasteiger partial charge in [-0.1, -0.05) is 91.0 Å². The van der Waals surface area contributed by atoms with Crippen LogP contribution in [0.2, 0.25) is 0 Å². The summed E-state index contributed by atoms with van der Waals surface area (Å²) in [5, 5.41) is 3.81. The highest BCUT2D eigenvalue weighted by atomic mass is 15.1. The monoisotopic (exact) mass is 1240 g/mol. The zero-order valence-corrected chi connectivity index (χ0v) is 53.5. The van der Waals surface area contributed by atoms with Crippen molar-refractivity contribution in [2.24, 2.45) is 0 Å². The Morgan fingerprint density at radius 3 is 0.885 bits per heavy atom. The summed E-state index contributed by atoms with van der Waals surface area (Å²) >= 11 is 0. The van der Waals surface area contributed by atoms with E-state index in [0.717, 1.165) is 116 Å². The molecule has 0 radical (unpaired) electrons. The number of rotatable bonds is 11. The molecule has 7 heterocycles. The molecule has 458 valence electrons. The van der Waals surface area contributed by atoms with Gasteiger partial charge in [0.1, 0.15) is 46.6 Å². The first-order chi connectivity index (χ1) is 46.7. The Labute approximate surface area is 551 Å². The van der Waals surface area contributed by atoms with Gasteiger partial charge in [0.15, 0.2) is 46.5 Å². The van der Waals surface area contributed by atoms with E-state index in [4.69, 9.17) is 61.4 Å². The van der Waals surface area contributed by atoms with Crippen LogP contribution in [-0.2, 0) is 0 Å². The molecule has 0 aliphatic rings. The minimum absolute atomic E-state index is 0.488. The van der Waals surface area contributed by atoms with Crippen LogP contribution in [-0.4, -0.2) is 83.9 Å². The van der Waals surface area contributed by atoms with Crippen molar-refractivity contribution >= 4 is 49.3 Å². The molecule has 18 nitrogen and oxygen atoms in total. The molecule has 0 atom stereocenters. The second-order valence-corrected chi connectivity index (χ2v) is 23.7. The summed E-state index contributed by atoms with van der Waals surface area (Å²) in [5.41, 5.74) is 15.0. The number of benzene rings is 9. The van der Waals surface area contributed by atoms with E-state index >= 15 is 0 Å². The number of aryl methyl sites for hydroxylation is 8. The molecule has 0 aliphatic heterocycles. The molecule has 0 saturated heterocycles. The predicted octanol–water partition coefficient (Wildman–Crippen LogP) is 16.8. The molecule has 0 unspecified atom stereocenters. The van der Waals surface area contributed by atoms with E-state index in [2.05, 4.69) is 143 Å². The fourth-order valence-electron chi connectivity index (χ4n) is 13.1. The largest absolute Gasteiger partial charge is 0.309 e. The second kappa shape index (κ2) is 23.4. The molecule has 0 aliphatic carbocycles. The van der Waals surface area contributed by atoms with Crippen LogP contribution in [0.1, 0.15) is 46.6 Å². The van der Waals surface area contributed by atoms with Gasteiger partial charge < -0.3 is 9.13 Å². The smallest absolute Gasteiger partial charge is 0.194 e. The summed E-state index contributed by atoms with van der Waals surface area (Å²) in [6.45, 7) is 23.8. The number of hydrogen-bond acceptors (Lipinski definition) is 15. The predicted molar refractivity (Wildman–Crippen MR) is 375 cm³/mol. The molecule has 0 amide bonds. The highest BCUT2D eigenvalue weighted by Gasteiger charge is 2.25. The van der Waals surface area contributed by atoms with Crippen molar-refractivity contribution in [1.82, 2.24) is 83.9 Å². The van der Waals surface area contributed by atoms with Crippen molar-refractivity contribution in [3.05, 3.63) is 252 Å². The van der Waals surface area contributed by atoms with Crippen molar-refractivity contribution < 1.29 is 0 Å². The van der Waals surface area contributed by atoms with Crippen LogP contribution in [0.4, 0.5) is 5.69 Å². The van der Waals surface area contributed by atoms with Crippen LogP contribution in [0.5, 0.6) is 0 Å². The molecule has 96 heavy (non-hydrogen) atoms. The van der Waals surface area contributed by atoms with Gasteiger partial charge in [0.2, 0.25) is 0 Å². The Hall–Kier alpha value is -12.9. The Balaban J connectivity index is 0.984. The lowest BCUT2D eigenvalue weighted by molar-refractivity contribution is 0.928. The van der Waals surface area contributed by atoms with Crippen LogP contribution in [0.3, 0.4) is 0 Å². The third kappa shape index (κ3) is 10.6. The summed E-state index contributed by atoms with van der Waals surface area (Å²) in [6, 6.07) is 66.2. The van der Waals surface area contributed by atoms with Gasteiger partial charge in [0, 0.05) is 66.1 Å². The van der Waals surface area contributed by atoms with Crippen LogP contribution in [0, 0.1) is 62.0 Å². The quantitative estimate of drug-likeness (QED) is 0.110. The lowest BCUT2D eigenvalue weighted by Crippen LogP contribution is -2.03. The topological polar surface area (TPSA) is 208 Å². The molecule has 9 aromatic carbocycles. The van der Waals surface area contributed by atoms with Gasteiger partial charge >= 0.3 is 0 Å². The van der Waals surface area contributed by atoms with Gasteiger partial charge in [-0.25, -0.2) is 79.6 Å². The summed E-state index contributed by atoms with van der Waals surface area (Å²) in [5.74, 6) is 8.91. The van der Waals surface area contributed by atoms with E-state index in [1.54, 1.807) is 0 Å². The summed E-state index contributed by atoms with van der Waals surface area (Å²) < 4.78 is 4.61. The maximum atomic E-state index is 8.72. The van der Waals surface area contributed by atoms with E-state index < -0.39 is 0 Å². The maximum Gasteiger partial charge on any atom is 0.194 e. The van der Waals surface area contributed by atoms with Gasteiger partial charge in [0.25, 0.3) is 0 Å². The molecule has 0 N–H and O–H groups in total. The number of para-hydroxylation sites is 1. The average Bonchev–Trinajstić information content (AvgIpc) is 1.57. The fourth-order valence-corrected chi connectivity index (χ4v) is 13.1. The lowest BCUT2D eigenvalue weighted by Gasteiger charge is -2.20. The molecular weight excluding hydrogens is 1190 g/mol. The van der Waals surface area contributed by atoms with Crippen molar-refractivity contribution in [2.45, 2.75) is 55.4 Å². The Kier molecular flexibility index (Phi) is 14.2. The maximum absolute atomic E-state index is 8.72. The van der Waals surface area contributed by atoms with Crippen LogP contribution < -0.4 is 0 Å². The molecular formula is C78H56N18. The Bertz CT molecular complexity index is 5560. The molecule has 0 fully saturated rings. The van der Waals surface area contributed by atoms with Crippen molar-refractivity contribution in [3.63, 3.8) is 0 Å². The molecule has 0 bridgehead atoms. The van der Waals surface area contributed by atoms with Crippen LogP contribution >= 0.6 is 0 Å². The Morgan fingerprint density at radius 1 is 0.240 bits per heavy atom. The van der Waals surface area contributed by atoms with E-state index in [9.17, 15) is 0 Å². The van der Waals surface area contributed by atoms with Gasteiger partial charge in [-0.3, -0.25) is 0 Å². The first kappa shape index (κ1) is 58.2. The molecule has 18 heteroatoms. The van der Waals surface area contributed by atoms with Crippen molar-refractivity contribution in [2.75, 3.05) is 0 Å². The van der Waals surface area contributed by atoms with Gasteiger partial charge in [-0.15, -0.1) is 0 Å². The first-order valence-electron chi connectivity index (χ1n) is 31.3. The van der Waals surface area contributed by atoms with E-state index in [-0.39, 0.29) is 0 Å². The van der Waals surface area contributed by atoms with Crippen molar-refractivity contribution in [3.8, 4) is 113 Å². The molecule has 0 spiro atoms. The number of fused-ring (bicyclic) bond motifs is 6. The van der Waals surface area contributed by atoms with E-state index in [1.807, 2.05) is 140 Å². The third-order valence-corrected chi connectivity index (χ3v) is 17.1. The number of nitrogens with zero attached hydrogens (tertiary/aromatic N) is 18. The zero-order valence-electron chi connectivity index (χ0n) is 53.5. The molecule has 0 saturated carbocycles. The van der Waals surface area contributed by atoms with Crippen LogP contribution in [0.25, 0.3) is 162 Å². The summed E-state index contributed by atoms with van der Waals surface area (Å²) in [7, 11) is 0. The van der Waals surface area contributed by atoms with E-state index in [0.29, 0.717) is 93.1 Å². The lowest BCUT2D eigenvalue weighted by atomic mass is 9.94. The molecule has 16 aromatic rings. The number of aromatic nitrogens is 17. The van der Waals surface area contributed by atoms with Crippen molar-refractivity contribution in [1.29, 1.82) is 0 Å². The SMILES string of the molecule is [C-]#[N+]c1ccccc1-c1cc(-c2cc(-c3nc(-c4ccccc4)nc(-c4ccccc4)n3)ccc2-n2c3ccc(-c4nc(C)nc(C)n4)cc3c3cc(-c4nc(C)nc(C)n4)ccc32)ccc1-n1c2ccc(-c3nc(C)nc(C)n3)cc2c2cc(-c3nc(C)nc(C)n3)ccc21. The molecule has 7 aromatic heterocycles. The summed E-state index contributed by atoms with van der Waals surface area (Å²) in [4.78, 5) is 76.4. The zero-order chi connectivity index (χ0) is 65.5. The minimum Gasteiger partial charge on any atom is -0.309 e. The first-order valence-corrected chi connectivity index (χ1v) is 31.3. The molecule has 16 rings (SSSR count). The highest BCUT2D eigenvalue weighted by molar-refractivity contribution is 6.14. The average molecular weight is 1250 g/mol. The number of hydrogen-bond donors (Lipinski definition) is 0. The third-order valence-electron chi connectivity index (χ3n) is 17.1. The van der Waals surface area contributed by atoms with Gasteiger partial charge in [-0.05, 0) is 175 Å². The normalized spacial score (nSPS) is 11.5. The Morgan fingerprint density at radius 2 is 0.521 bits per heavy atom.